The molecular weight excluding hydrogens is 534 g/mol. The molecule has 2 amide bonds. The zero-order chi connectivity index (χ0) is 25.2. The van der Waals surface area contributed by atoms with Crippen LogP contribution >= 0.6 is 15.9 Å². The average molecular weight is 565 g/mol. The molecule has 2 aromatic carbocycles. The highest BCUT2D eigenvalue weighted by molar-refractivity contribution is 9.10. The molecule has 0 bridgehead atoms. The van der Waals surface area contributed by atoms with E-state index in [0.717, 1.165) is 14.9 Å². The van der Waals surface area contributed by atoms with Gasteiger partial charge in [-0.1, -0.05) is 41.9 Å². The fraction of sp³-hybridized carbons (Fsp3) is 0.440. The van der Waals surface area contributed by atoms with Crippen LogP contribution in [-0.4, -0.2) is 74.9 Å². The van der Waals surface area contributed by atoms with Crippen LogP contribution in [0.25, 0.3) is 0 Å². The predicted octanol–water partition coefficient (Wildman–Crippen LogP) is 3.23. The van der Waals surface area contributed by atoms with Crippen LogP contribution in [0.1, 0.15) is 31.7 Å². The number of rotatable bonds is 8. The Balaban J connectivity index is 1.63. The van der Waals surface area contributed by atoms with E-state index < -0.39 is 27.9 Å². The van der Waals surface area contributed by atoms with Crippen molar-refractivity contribution in [2.45, 2.75) is 37.1 Å². The molecule has 2 heterocycles. The molecule has 10 heteroatoms. The zero-order valence-electron chi connectivity index (χ0n) is 19.9. The minimum Gasteiger partial charge on any atom is -0.379 e. The molecule has 0 saturated carbocycles. The minimum absolute atomic E-state index is 0.0858. The lowest BCUT2D eigenvalue weighted by molar-refractivity contribution is -0.122. The summed E-state index contributed by atoms with van der Waals surface area (Å²) in [6, 6.07) is 12.5. The summed E-state index contributed by atoms with van der Waals surface area (Å²) in [5.74, 6) is -0.608. The lowest BCUT2D eigenvalue weighted by atomic mass is 10.0. The van der Waals surface area contributed by atoms with Crippen molar-refractivity contribution in [1.82, 2.24) is 9.21 Å². The smallest absolute Gasteiger partial charge is 0.252 e. The molecule has 2 fully saturated rings. The number of nitrogens with zero attached hydrogens (tertiary/aromatic N) is 3. The van der Waals surface area contributed by atoms with Gasteiger partial charge in [-0.05, 0) is 47.9 Å². The van der Waals surface area contributed by atoms with Gasteiger partial charge in [0.15, 0.2) is 0 Å². The number of morpholine rings is 1. The van der Waals surface area contributed by atoms with E-state index in [0.29, 0.717) is 44.5 Å². The average Bonchev–Trinajstić information content (AvgIpc) is 3.13. The number of halogens is 1. The van der Waals surface area contributed by atoms with Crippen LogP contribution in [0, 0.1) is 0 Å². The van der Waals surface area contributed by atoms with Gasteiger partial charge in [-0.2, -0.15) is 4.31 Å². The molecule has 2 aliphatic heterocycles. The Morgan fingerprint density at radius 3 is 2.26 bits per heavy atom. The molecule has 2 aliphatic rings. The Morgan fingerprint density at radius 1 is 1.03 bits per heavy atom. The monoisotopic (exact) mass is 563 g/mol. The Bertz CT molecular complexity index is 1160. The van der Waals surface area contributed by atoms with Crippen molar-refractivity contribution in [1.29, 1.82) is 0 Å². The number of anilines is 1. The molecule has 2 aromatic rings. The first kappa shape index (κ1) is 26.0. The Labute approximate surface area is 215 Å². The standard InChI is InChI=1S/C25H30BrN3O5S/c1-18(2)19-3-7-21(8-4-19)29-24(30)17-23(25(29)31)28(12-11-27-13-15-34-16-14-27)35(32,33)22-9-5-20(26)6-10-22/h3-10,18,23H,11-17H2,1-2H3. The molecular formula is C25H30BrN3O5S. The zero-order valence-corrected chi connectivity index (χ0v) is 22.3. The van der Waals surface area contributed by atoms with Crippen molar-refractivity contribution in [2.75, 3.05) is 44.3 Å². The highest BCUT2D eigenvalue weighted by Crippen LogP contribution is 2.30. The minimum atomic E-state index is -4.03. The molecule has 4 rings (SSSR count). The number of benzene rings is 2. The van der Waals surface area contributed by atoms with Crippen LogP contribution in [0.4, 0.5) is 5.69 Å². The second kappa shape index (κ2) is 10.9. The number of carbonyl (C=O) groups excluding carboxylic acids is 2. The number of ether oxygens (including phenoxy) is 1. The van der Waals surface area contributed by atoms with Crippen LogP contribution in [0.15, 0.2) is 57.9 Å². The van der Waals surface area contributed by atoms with Crippen LogP contribution in [-0.2, 0) is 24.3 Å². The first-order valence-corrected chi connectivity index (χ1v) is 14.0. The lowest BCUT2D eigenvalue weighted by Crippen LogP contribution is -2.49. The van der Waals surface area contributed by atoms with Gasteiger partial charge < -0.3 is 4.74 Å². The number of hydrogen-bond acceptors (Lipinski definition) is 6. The molecule has 0 aliphatic carbocycles. The largest absolute Gasteiger partial charge is 0.379 e. The third-order valence-corrected chi connectivity index (χ3v) is 8.90. The van der Waals surface area contributed by atoms with E-state index in [2.05, 4.69) is 34.7 Å². The van der Waals surface area contributed by atoms with Crippen molar-refractivity contribution in [2.24, 2.45) is 0 Å². The second-order valence-corrected chi connectivity index (χ2v) is 11.9. The molecule has 0 aromatic heterocycles. The van der Waals surface area contributed by atoms with Gasteiger partial charge in [-0.15, -0.1) is 0 Å². The van der Waals surface area contributed by atoms with Crippen molar-refractivity contribution in [3.05, 3.63) is 58.6 Å². The highest BCUT2D eigenvalue weighted by atomic mass is 79.9. The number of hydrogen-bond donors (Lipinski definition) is 0. The molecule has 1 atom stereocenters. The molecule has 188 valence electrons. The van der Waals surface area contributed by atoms with E-state index in [1.165, 1.54) is 16.4 Å². The van der Waals surface area contributed by atoms with Gasteiger partial charge in [0, 0.05) is 30.7 Å². The van der Waals surface area contributed by atoms with Crippen molar-refractivity contribution >= 4 is 43.5 Å². The van der Waals surface area contributed by atoms with Crippen molar-refractivity contribution in [3.8, 4) is 0 Å². The first-order chi connectivity index (χ1) is 16.7. The summed E-state index contributed by atoms with van der Waals surface area (Å²) < 4.78 is 34.7. The fourth-order valence-electron chi connectivity index (χ4n) is 4.37. The third kappa shape index (κ3) is 5.67. The Morgan fingerprint density at radius 2 is 1.66 bits per heavy atom. The first-order valence-electron chi connectivity index (χ1n) is 11.7. The fourth-order valence-corrected chi connectivity index (χ4v) is 6.21. The van der Waals surface area contributed by atoms with E-state index in [1.807, 2.05) is 12.1 Å². The van der Waals surface area contributed by atoms with E-state index in [1.54, 1.807) is 24.3 Å². The highest BCUT2D eigenvalue weighted by Gasteiger charge is 2.47. The van der Waals surface area contributed by atoms with Crippen LogP contribution in [0.3, 0.4) is 0 Å². The topological polar surface area (TPSA) is 87.2 Å². The normalized spacial score (nSPS) is 19.8. The molecule has 0 N–H and O–H groups in total. The van der Waals surface area contributed by atoms with Gasteiger partial charge >= 0.3 is 0 Å². The summed E-state index contributed by atoms with van der Waals surface area (Å²) in [5.41, 5.74) is 1.55. The van der Waals surface area contributed by atoms with Crippen LogP contribution in [0.5, 0.6) is 0 Å². The summed E-state index contributed by atoms with van der Waals surface area (Å²) in [7, 11) is -4.03. The molecule has 8 nitrogen and oxygen atoms in total. The van der Waals surface area contributed by atoms with E-state index in [-0.39, 0.29) is 17.9 Å². The van der Waals surface area contributed by atoms with Gasteiger partial charge in [0.25, 0.3) is 5.91 Å². The van der Waals surface area contributed by atoms with Gasteiger partial charge in [0.05, 0.1) is 30.2 Å². The van der Waals surface area contributed by atoms with E-state index in [4.69, 9.17) is 4.74 Å². The summed E-state index contributed by atoms with van der Waals surface area (Å²) in [5, 5.41) is 0. The number of amides is 2. The van der Waals surface area contributed by atoms with Gasteiger partial charge in [0.2, 0.25) is 15.9 Å². The molecule has 0 spiro atoms. The summed E-state index contributed by atoms with van der Waals surface area (Å²) >= 11 is 3.33. The molecule has 0 radical (unpaired) electrons. The summed E-state index contributed by atoms with van der Waals surface area (Å²) in [6.07, 6.45) is -0.191. The Kier molecular flexibility index (Phi) is 8.07. The SMILES string of the molecule is CC(C)c1ccc(N2C(=O)CC(N(CCN3CCOCC3)S(=O)(=O)c3ccc(Br)cc3)C2=O)cc1. The summed E-state index contributed by atoms with van der Waals surface area (Å²) in [6.45, 7) is 7.23. The Hall–Kier alpha value is -2.11. The maximum atomic E-state index is 13.7. The van der Waals surface area contributed by atoms with Gasteiger partial charge in [-0.3, -0.25) is 14.5 Å². The van der Waals surface area contributed by atoms with Crippen molar-refractivity contribution in [3.63, 3.8) is 0 Å². The van der Waals surface area contributed by atoms with Crippen LogP contribution in [0.2, 0.25) is 0 Å². The van der Waals surface area contributed by atoms with Crippen LogP contribution < -0.4 is 4.90 Å². The lowest BCUT2D eigenvalue weighted by Gasteiger charge is -2.31. The van der Waals surface area contributed by atoms with Gasteiger partial charge in [0.1, 0.15) is 6.04 Å². The van der Waals surface area contributed by atoms with Crippen molar-refractivity contribution < 1.29 is 22.7 Å². The number of imide groups is 1. The van der Waals surface area contributed by atoms with Gasteiger partial charge in [-0.25, -0.2) is 13.3 Å². The van der Waals surface area contributed by atoms with E-state index in [9.17, 15) is 18.0 Å². The third-order valence-electron chi connectivity index (χ3n) is 6.45. The maximum absolute atomic E-state index is 13.7. The number of sulfonamides is 1. The second-order valence-electron chi connectivity index (χ2n) is 9.06. The van der Waals surface area contributed by atoms with E-state index >= 15 is 0 Å². The quantitative estimate of drug-likeness (QED) is 0.458. The maximum Gasteiger partial charge on any atom is 0.252 e. The molecule has 35 heavy (non-hydrogen) atoms. The molecule has 1 unspecified atom stereocenters. The molecule has 2 saturated heterocycles. The predicted molar refractivity (Wildman–Crippen MR) is 137 cm³/mol. The summed E-state index contributed by atoms with van der Waals surface area (Å²) in [4.78, 5) is 29.8. The number of carbonyl (C=O) groups is 2.